The predicted molar refractivity (Wildman–Crippen MR) is 78.8 cm³/mol. The van der Waals surface area contributed by atoms with E-state index in [0.29, 0.717) is 24.0 Å². The SMILES string of the molecule is O=c1[nH]c2ccc(S(=O)(=O)N3CCc4nc[nH]c4C3)cc2[nH]1. The molecule has 0 spiro atoms. The van der Waals surface area contributed by atoms with E-state index in [9.17, 15) is 13.2 Å². The maximum absolute atomic E-state index is 12.8. The van der Waals surface area contributed by atoms with Crippen LogP contribution in [-0.2, 0) is 23.0 Å². The molecule has 9 heteroatoms. The highest BCUT2D eigenvalue weighted by Gasteiger charge is 2.29. The fourth-order valence-electron chi connectivity index (χ4n) is 2.71. The summed E-state index contributed by atoms with van der Waals surface area (Å²) in [7, 11) is -3.62. The summed E-state index contributed by atoms with van der Waals surface area (Å²) < 4.78 is 26.9. The Hall–Kier alpha value is -2.39. The number of rotatable bonds is 2. The van der Waals surface area contributed by atoms with Crippen LogP contribution in [0.4, 0.5) is 0 Å². The van der Waals surface area contributed by atoms with Crippen molar-refractivity contribution in [1.29, 1.82) is 0 Å². The number of hydrogen-bond donors (Lipinski definition) is 3. The molecule has 114 valence electrons. The number of nitrogens with zero attached hydrogens (tertiary/aromatic N) is 2. The molecular weight excluding hydrogens is 306 g/mol. The number of hydrogen-bond acceptors (Lipinski definition) is 4. The van der Waals surface area contributed by atoms with Crippen LogP contribution in [0.3, 0.4) is 0 Å². The molecule has 3 aromatic rings. The first kappa shape index (κ1) is 13.3. The number of benzene rings is 1. The monoisotopic (exact) mass is 319 g/mol. The van der Waals surface area contributed by atoms with E-state index in [1.54, 1.807) is 12.4 Å². The highest BCUT2D eigenvalue weighted by atomic mass is 32.2. The highest BCUT2D eigenvalue weighted by Crippen LogP contribution is 2.24. The Balaban J connectivity index is 1.74. The first-order valence-electron chi connectivity index (χ1n) is 6.77. The number of aromatic nitrogens is 4. The zero-order valence-corrected chi connectivity index (χ0v) is 12.3. The Kier molecular flexibility index (Phi) is 2.75. The van der Waals surface area contributed by atoms with Crippen LogP contribution in [0.15, 0.2) is 34.2 Å². The summed E-state index contributed by atoms with van der Waals surface area (Å²) in [6.45, 7) is 0.668. The quantitative estimate of drug-likeness (QED) is 0.631. The molecule has 0 fully saturated rings. The van der Waals surface area contributed by atoms with Gasteiger partial charge in [-0.25, -0.2) is 18.2 Å². The van der Waals surface area contributed by atoms with Gasteiger partial charge in [0.2, 0.25) is 10.0 Å². The van der Waals surface area contributed by atoms with Crippen molar-refractivity contribution in [3.8, 4) is 0 Å². The number of aromatic amines is 3. The molecule has 3 N–H and O–H groups in total. The summed E-state index contributed by atoms with van der Waals surface area (Å²) in [6.07, 6.45) is 2.17. The highest BCUT2D eigenvalue weighted by molar-refractivity contribution is 7.89. The number of H-pyrrole nitrogens is 3. The van der Waals surface area contributed by atoms with Crippen molar-refractivity contribution in [3.63, 3.8) is 0 Å². The van der Waals surface area contributed by atoms with Crippen molar-refractivity contribution in [2.45, 2.75) is 17.9 Å². The number of imidazole rings is 2. The van der Waals surface area contributed by atoms with Gasteiger partial charge in [-0.15, -0.1) is 0 Å². The Morgan fingerprint density at radius 3 is 2.86 bits per heavy atom. The molecule has 0 unspecified atom stereocenters. The molecule has 2 aromatic heterocycles. The van der Waals surface area contributed by atoms with Gasteiger partial charge in [0.25, 0.3) is 0 Å². The van der Waals surface area contributed by atoms with E-state index in [-0.39, 0.29) is 17.1 Å². The fraction of sp³-hybridized carbons (Fsp3) is 0.231. The Labute approximate surface area is 125 Å². The summed E-state index contributed by atoms with van der Waals surface area (Å²) in [4.78, 5) is 23.8. The summed E-state index contributed by atoms with van der Waals surface area (Å²) in [5, 5.41) is 0. The fourth-order valence-corrected chi connectivity index (χ4v) is 4.15. The van der Waals surface area contributed by atoms with Crippen LogP contribution < -0.4 is 5.69 Å². The maximum atomic E-state index is 12.8. The number of nitrogens with one attached hydrogen (secondary N) is 3. The maximum Gasteiger partial charge on any atom is 0.323 e. The lowest BCUT2D eigenvalue weighted by molar-refractivity contribution is 0.385. The van der Waals surface area contributed by atoms with Crippen molar-refractivity contribution < 1.29 is 8.42 Å². The van der Waals surface area contributed by atoms with Gasteiger partial charge >= 0.3 is 5.69 Å². The van der Waals surface area contributed by atoms with Crippen LogP contribution in [0, 0.1) is 0 Å². The van der Waals surface area contributed by atoms with Crippen molar-refractivity contribution in [3.05, 3.63) is 46.4 Å². The van der Waals surface area contributed by atoms with Crippen LogP contribution in [0.1, 0.15) is 11.4 Å². The van der Waals surface area contributed by atoms with Gasteiger partial charge in [-0.1, -0.05) is 0 Å². The van der Waals surface area contributed by atoms with Crippen LogP contribution in [-0.4, -0.2) is 39.2 Å². The first-order valence-corrected chi connectivity index (χ1v) is 8.21. The molecule has 1 aliphatic heterocycles. The van der Waals surface area contributed by atoms with E-state index >= 15 is 0 Å². The largest absolute Gasteiger partial charge is 0.347 e. The number of fused-ring (bicyclic) bond motifs is 2. The van der Waals surface area contributed by atoms with E-state index in [0.717, 1.165) is 11.4 Å². The molecule has 0 atom stereocenters. The third kappa shape index (κ3) is 1.97. The molecule has 8 nitrogen and oxygen atoms in total. The molecule has 3 heterocycles. The second-order valence-electron chi connectivity index (χ2n) is 5.20. The minimum absolute atomic E-state index is 0.165. The Morgan fingerprint density at radius 2 is 2.00 bits per heavy atom. The van der Waals surface area contributed by atoms with E-state index in [4.69, 9.17) is 0 Å². The van der Waals surface area contributed by atoms with Crippen LogP contribution in [0.25, 0.3) is 11.0 Å². The van der Waals surface area contributed by atoms with Crippen molar-refractivity contribution in [2.75, 3.05) is 6.54 Å². The van der Waals surface area contributed by atoms with Crippen LogP contribution in [0.5, 0.6) is 0 Å². The van der Waals surface area contributed by atoms with Crippen molar-refractivity contribution in [2.24, 2.45) is 0 Å². The van der Waals surface area contributed by atoms with Gasteiger partial charge in [0.05, 0.1) is 40.2 Å². The van der Waals surface area contributed by atoms with Gasteiger partial charge in [-0.3, -0.25) is 0 Å². The smallest absolute Gasteiger partial charge is 0.323 e. The molecule has 0 radical (unpaired) electrons. The molecule has 0 saturated carbocycles. The topological polar surface area (TPSA) is 115 Å². The van der Waals surface area contributed by atoms with E-state index in [2.05, 4.69) is 19.9 Å². The van der Waals surface area contributed by atoms with Gasteiger partial charge < -0.3 is 15.0 Å². The van der Waals surface area contributed by atoms with Gasteiger partial charge in [0, 0.05) is 13.0 Å². The molecule has 1 aliphatic rings. The van der Waals surface area contributed by atoms with Gasteiger partial charge in [-0.05, 0) is 18.2 Å². The zero-order valence-electron chi connectivity index (χ0n) is 11.5. The molecule has 0 saturated heterocycles. The molecule has 0 amide bonds. The summed E-state index contributed by atoms with van der Waals surface area (Å²) in [5.74, 6) is 0. The summed E-state index contributed by atoms with van der Waals surface area (Å²) >= 11 is 0. The Bertz CT molecular complexity index is 1010. The average molecular weight is 319 g/mol. The third-order valence-corrected chi connectivity index (χ3v) is 5.71. The minimum atomic E-state index is -3.62. The van der Waals surface area contributed by atoms with Crippen molar-refractivity contribution >= 4 is 21.1 Å². The van der Waals surface area contributed by atoms with E-state index < -0.39 is 10.0 Å². The van der Waals surface area contributed by atoms with Crippen molar-refractivity contribution in [1.82, 2.24) is 24.2 Å². The normalized spacial score (nSPS) is 16.0. The predicted octanol–water partition coefficient (Wildman–Crippen LogP) is 0.326. The van der Waals surface area contributed by atoms with Crippen LogP contribution in [0.2, 0.25) is 0 Å². The lowest BCUT2D eigenvalue weighted by Crippen LogP contribution is -2.36. The summed E-state index contributed by atoms with van der Waals surface area (Å²) in [6, 6.07) is 4.57. The molecular formula is C13H13N5O3S. The summed E-state index contributed by atoms with van der Waals surface area (Å²) in [5.41, 5.74) is 2.44. The number of sulfonamides is 1. The zero-order chi connectivity index (χ0) is 15.3. The Morgan fingerprint density at radius 1 is 1.18 bits per heavy atom. The second-order valence-corrected chi connectivity index (χ2v) is 7.14. The third-order valence-electron chi connectivity index (χ3n) is 3.87. The molecule has 1 aromatic carbocycles. The molecule has 4 rings (SSSR count). The van der Waals surface area contributed by atoms with Gasteiger partial charge in [0.1, 0.15) is 0 Å². The second kappa shape index (κ2) is 4.55. The van der Waals surface area contributed by atoms with E-state index in [1.165, 1.54) is 16.4 Å². The van der Waals surface area contributed by atoms with E-state index in [1.807, 2.05) is 0 Å². The molecule has 22 heavy (non-hydrogen) atoms. The minimum Gasteiger partial charge on any atom is -0.347 e. The molecule has 0 aliphatic carbocycles. The average Bonchev–Trinajstić information content (AvgIpc) is 3.09. The van der Waals surface area contributed by atoms with Gasteiger partial charge in [0.15, 0.2) is 0 Å². The van der Waals surface area contributed by atoms with Crippen LogP contribution >= 0.6 is 0 Å². The molecule has 0 bridgehead atoms. The first-order chi connectivity index (χ1) is 10.5. The lowest BCUT2D eigenvalue weighted by atomic mass is 10.2. The standard InChI is InChI=1S/C13H13N5O3S/c19-13-16-10-2-1-8(5-11(10)17-13)22(20,21)18-4-3-9-12(6-18)15-7-14-9/h1-2,5,7H,3-4,6H2,(H,14,15)(H2,16,17,19). The van der Waals surface area contributed by atoms with Gasteiger partial charge in [-0.2, -0.15) is 4.31 Å². The lowest BCUT2D eigenvalue weighted by Gasteiger charge is -2.25.